The molecule has 0 radical (unpaired) electrons. The molecule has 20 heavy (non-hydrogen) atoms. The normalized spacial score (nSPS) is 10.7. The Morgan fingerprint density at radius 3 is 2.55 bits per heavy atom. The van der Waals surface area contributed by atoms with Crippen LogP contribution in [0.15, 0.2) is 6.07 Å². The van der Waals surface area contributed by atoms with Gasteiger partial charge in [-0.1, -0.05) is 27.7 Å². The molecule has 0 aliphatic heterocycles. The molecule has 0 aromatic carbocycles. The Morgan fingerprint density at radius 1 is 1.35 bits per heavy atom. The van der Waals surface area contributed by atoms with Crippen molar-refractivity contribution in [2.75, 3.05) is 23.4 Å². The molecule has 0 saturated carbocycles. The molecule has 0 unspecified atom stereocenters. The Balaban J connectivity index is 3.10. The lowest BCUT2D eigenvalue weighted by Crippen LogP contribution is -2.30. The van der Waals surface area contributed by atoms with Gasteiger partial charge in [0.1, 0.15) is 17.5 Å². The maximum absolute atomic E-state index is 8.80. The number of nitrogens with two attached hydrogens (primary N) is 1. The lowest BCUT2D eigenvalue weighted by Gasteiger charge is -2.25. The van der Waals surface area contributed by atoms with Crippen LogP contribution in [-0.2, 0) is 0 Å². The van der Waals surface area contributed by atoms with Crippen LogP contribution in [0.25, 0.3) is 0 Å². The number of hydrogen-bond acceptors (Lipinski definition) is 6. The molecule has 6 heteroatoms. The summed E-state index contributed by atoms with van der Waals surface area (Å²) in [5.41, 5.74) is 2.58. The molecule has 3 N–H and O–H groups in total. The van der Waals surface area contributed by atoms with E-state index in [0.717, 1.165) is 18.2 Å². The molecule has 0 amide bonds. The van der Waals surface area contributed by atoms with Gasteiger partial charge in [0.05, 0.1) is 12.5 Å². The van der Waals surface area contributed by atoms with Crippen molar-refractivity contribution in [1.82, 2.24) is 9.97 Å². The van der Waals surface area contributed by atoms with E-state index in [2.05, 4.69) is 40.2 Å². The monoisotopic (exact) mass is 276 g/mol. The summed E-state index contributed by atoms with van der Waals surface area (Å²) in [4.78, 5) is 11.1. The summed E-state index contributed by atoms with van der Waals surface area (Å²) in [6, 6.07) is 4.01. The summed E-state index contributed by atoms with van der Waals surface area (Å²) >= 11 is 0. The molecule has 0 aliphatic carbocycles. The van der Waals surface area contributed by atoms with Crippen molar-refractivity contribution in [1.29, 1.82) is 5.26 Å². The molecule has 6 nitrogen and oxygen atoms in total. The third-order valence-electron chi connectivity index (χ3n) is 2.80. The number of nitriles is 1. The minimum Gasteiger partial charge on any atom is -0.355 e. The Labute approximate surface area is 121 Å². The van der Waals surface area contributed by atoms with Gasteiger partial charge in [0.25, 0.3) is 0 Å². The minimum absolute atomic E-state index is 0.221. The quantitative estimate of drug-likeness (QED) is 0.586. The van der Waals surface area contributed by atoms with E-state index in [-0.39, 0.29) is 5.92 Å². The first-order valence-electron chi connectivity index (χ1n) is 6.95. The number of aromatic nitrogens is 2. The Kier molecular flexibility index (Phi) is 6.19. The van der Waals surface area contributed by atoms with E-state index in [9.17, 15) is 0 Å². The summed E-state index contributed by atoms with van der Waals surface area (Å²) < 4.78 is 0. The van der Waals surface area contributed by atoms with Crippen LogP contribution in [0.2, 0.25) is 0 Å². The van der Waals surface area contributed by atoms with Crippen LogP contribution >= 0.6 is 0 Å². The van der Waals surface area contributed by atoms with Gasteiger partial charge in [-0.3, -0.25) is 0 Å². The summed E-state index contributed by atoms with van der Waals surface area (Å²) in [5.74, 6) is 8.36. The molecular weight excluding hydrogens is 252 g/mol. The molecule has 0 atom stereocenters. The van der Waals surface area contributed by atoms with Gasteiger partial charge in [0.15, 0.2) is 0 Å². The first-order valence-corrected chi connectivity index (χ1v) is 6.95. The van der Waals surface area contributed by atoms with Crippen molar-refractivity contribution in [2.24, 2.45) is 11.8 Å². The summed E-state index contributed by atoms with van der Waals surface area (Å²) in [6.07, 6.45) is 0.471. The molecule has 1 heterocycles. The fourth-order valence-corrected chi connectivity index (χ4v) is 1.87. The third kappa shape index (κ3) is 4.67. The highest BCUT2D eigenvalue weighted by Crippen LogP contribution is 2.20. The standard InChI is InChI=1S/C14H24N6/c1-10(2)9-20(7-5-6-15)13-8-12(19-16)17-14(18-13)11(3)4/h8,10-11H,5,7,9,16H2,1-4H3,(H,17,18,19). The van der Waals surface area contributed by atoms with Crippen molar-refractivity contribution >= 4 is 11.6 Å². The van der Waals surface area contributed by atoms with Crippen molar-refractivity contribution in [3.63, 3.8) is 0 Å². The fourth-order valence-electron chi connectivity index (χ4n) is 1.87. The largest absolute Gasteiger partial charge is 0.355 e. The molecule has 1 aromatic heterocycles. The molecule has 0 saturated heterocycles. The zero-order valence-corrected chi connectivity index (χ0v) is 12.7. The van der Waals surface area contributed by atoms with Crippen LogP contribution in [0.3, 0.4) is 0 Å². The van der Waals surface area contributed by atoms with Crippen molar-refractivity contribution in [3.8, 4) is 6.07 Å². The van der Waals surface area contributed by atoms with E-state index in [4.69, 9.17) is 11.1 Å². The van der Waals surface area contributed by atoms with Gasteiger partial charge >= 0.3 is 0 Å². The minimum atomic E-state index is 0.221. The van der Waals surface area contributed by atoms with E-state index >= 15 is 0 Å². The molecule has 1 aromatic rings. The first kappa shape index (κ1) is 16.2. The van der Waals surface area contributed by atoms with Gasteiger partial charge < -0.3 is 10.3 Å². The number of nitrogens with zero attached hydrogens (tertiary/aromatic N) is 4. The van der Waals surface area contributed by atoms with Crippen LogP contribution in [0.1, 0.15) is 45.9 Å². The maximum atomic E-state index is 8.80. The Morgan fingerprint density at radius 2 is 2.05 bits per heavy atom. The topological polar surface area (TPSA) is 90.9 Å². The van der Waals surface area contributed by atoms with Gasteiger partial charge in [0, 0.05) is 25.1 Å². The first-order chi connectivity index (χ1) is 9.47. The van der Waals surface area contributed by atoms with E-state index < -0.39 is 0 Å². The van der Waals surface area contributed by atoms with E-state index in [1.807, 2.05) is 19.9 Å². The summed E-state index contributed by atoms with van der Waals surface area (Å²) in [5, 5.41) is 8.80. The van der Waals surface area contributed by atoms with Gasteiger partial charge in [-0.05, 0) is 5.92 Å². The average Bonchev–Trinajstić information content (AvgIpc) is 2.42. The van der Waals surface area contributed by atoms with Gasteiger partial charge in [-0.15, -0.1) is 0 Å². The van der Waals surface area contributed by atoms with E-state index in [1.165, 1.54) is 0 Å². The Hall–Kier alpha value is -1.87. The molecule has 0 aliphatic rings. The maximum Gasteiger partial charge on any atom is 0.145 e. The summed E-state index contributed by atoms with van der Waals surface area (Å²) in [7, 11) is 0. The third-order valence-corrected chi connectivity index (χ3v) is 2.80. The van der Waals surface area contributed by atoms with Crippen molar-refractivity contribution < 1.29 is 0 Å². The molecular formula is C14H24N6. The number of nitrogens with one attached hydrogen (secondary N) is 1. The van der Waals surface area contributed by atoms with Crippen molar-refractivity contribution in [3.05, 3.63) is 11.9 Å². The van der Waals surface area contributed by atoms with Crippen LogP contribution in [0, 0.1) is 17.2 Å². The number of anilines is 2. The van der Waals surface area contributed by atoms with Gasteiger partial charge in [0.2, 0.25) is 0 Å². The van der Waals surface area contributed by atoms with Crippen molar-refractivity contribution in [2.45, 2.75) is 40.0 Å². The van der Waals surface area contributed by atoms with E-state index in [0.29, 0.717) is 24.7 Å². The zero-order chi connectivity index (χ0) is 15.1. The number of hydrogen-bond donors (Lipinski definition) is 2. The highest BCUT2D eigenvalue weighted by atomic mass is 15.3. The van der Waals surface area contributed by atoms with Gasteiger partial charge in [-0.2, -0.15) is 5.26 Å². The molecule has 1 rings (SSSR count). The second kappa shape index (κ2) is 7.65. The van der Waals surface area contributed by atoms with Crippen LogP contribution in [-0.4, -0.2) is 23.1 Å². The number of rotatable bonds is 7. The second-order valence-corrected chi connectivity index (χ2v) is 5.52. The highest BCUT2D eigenvalue weighted by Gasteiger charge is 2.14. The molecule has 0 fully saturated rings. The Bertz CT molecular complexity index is 463. The molecule has 0 spiro atoms. The number of hydrazine groups is 1. The van der Waals surface area contributed by atoms with E-state index in [1.54, 1.807) is 0 Å². The van der Waals surface area contributed by atoms with Crippen LogP contribution in [0.4, 0.5) is 11.6 Å². The predicted molar refractivity (Wildman–Crippen MR) is 81.2 cm³/mol. The lowest BCUT2D eigenvalue weighted by atomic mass is 10.2. The smallest absolute Gasteiger partial charge is 0.145 e. The number of nitrogen functional groups attached to an aromatic ring is 1. The van der Waals surface area contributed by atoms with Gasteiger partial charge in [-0.25, -0.2) is 15.8 Å². The highest BCUT2D eigenvalue weighted by molar-refractivity contribution is 5.49. The summed E-state index contributed by atoms with van der Waals surface area (Å²) in [6.45, 7) is 9.88. The average molecular weight is 276 g/mol. The predicted octanol–water partition coefficient (Wildman–Crippen LogP) is 2.26. The fraction of sp³-hybridized carbons (Fsp3) is 0.643. The molecule has 0 bridgehead atoms. The zero-order valence-electron chi connectivity index (χ0n) is 12.7. The second-order valence-electron chi connectivity index (χ2n) is 5.52. The SMILES string of the molecule is CC(C)CN(CCC#N)c1cc(NN)nc(C(C)C)n1. The molecule has 110 valence electrons. The van der Waals surface area contributed by atoms with Crippen LogP contribution in [0.5, 0.6) is 0 Å². The lowest BCUT2D eigenvalue weighted by molar-refractivity contribution is 0.605. The van der Waals surface area contributed by atoms with Crippen LogP contribution < -0.4 is 16.2 Å².